The predicted octanol–water partition coefficient (Wildman–Crippen LogP) is 4.93. The Balaban J connectivity index is 1.49. The van der Waals surface area contributed by atoms with Gasteiger partial charge in [-0.25, -0.2) is 4.98 Å². The summed E-state index contributed by atoms with van der Waals surface area (Å²) in [5, 5.41) is 10.1. The molecule has 0 unspecified atom stereocenters. The molecular weight excluding hydrogens is 358 g/mol. The van der Waals surface area contributed by atoms with E-state index in [2.05, 4.69) is 65.0 Å². The highest BCUT2D eigenvalue weighted by Gasteiger charge is 2.22. The summed E-state index contributed by atoms with van der Waals surface area (Å²) in [6.07, 6.45) is 8.30. The lowest BCUT2D eigenvalue weighted by atomic mass is 9.94. The number of piperidine rings is 1. The second-order valence-corrected chi connectivity index (χ2v) is 8.68. The molecule has 1 aliphatic rings. The van der Waals surface area contributed by atoms with Crippen LogP contribution in [0.5, 0.6) is 0 Å². The summed E-state index contributed by atoms with van der Waals surface area (Å²) in [5.41, 5.74) is 3.37. The molecule has 1 aromatic carbocycles. The summed E-state index contributed by atoms with van der Waals surface area (Å²) in [6, 6.07) is 8.56. The number of aryl methyl sites for hydroxylation is 1. The van der Waals surface area contributed by atoms with Crippen LogP contribution in [0, 0.1) is 11.8 Å². The van der Waals surface area contributed by atoms with Crippen LogP contribution in [0.15, 0.2) is 55.1 Å². The lowest BCUT2D eigenvalue weighted by Crippen LogP contribution is -2.39. The van der Waals surface area contributed by atoms with E-state index in [1.165, 1.54) is 24.8 Å². The van der Waals surface area contributed by atoms with Crippen molar-refractivity contribution in [2.24, 2.45) is 18.9 Å². The summed E-state index contributed by atoms with van der Waals surface area (Å²) in [6.45, 7) is 12.4. The molecule has 5 heteroatoms. The summed E-state index contributed by atoms with van der Waals surface area (Å²) >= 11 is 0. The number of pyridine rings is 1. The van der Waals surface area contributed by atoms with Crippen LogP contribution in [0.3, 0.4) is 0 Å². The Kier molecular flexibility index (Phi) is 5.67. The minimum atomic E-state index is 0.474. The molecule has 4 rings (SSSR count). The first-order valence-electron chi connectivity index (χ1n) is 10.5. The third-order valence-electron chi connectivity index (χ3n) is 5.67. The van der Waals surface area contributed by atoms with E-state index in [0.717, 1.165) is 41.1 Å². The van der Waals surface area contributed by atoms with E-state index in [4.69, 9.17) is 0 Å². The van der Waals surface area contributed by atoms with Gasteiger partial charge in [0.15, 0.2) is 0 Å². The number of anilines is 1. The van der Waals surface area contributed by atoms with Gasteiger partial charge in [0.2, 0.25) is 0 Å². The minimum Gasteiger partial charge on any atom is -0.344 e. The molecule has 1 atom stereocenters. The number of benzene rings is 1. The molecule has 0 spiro atoms. The van der Waals surface area contributed by atoms with Gasteiger partial charge in [0.1, 0.15) is 5.82 Å². The standard InChI is InChI=1S/C24H31N5/c1-17(2)14-29-9-5-6-21(16-29)18(3)27-24-11-22-10-19(7-8-20(22)12-25-24)23-13-26-28(4)15-23/h7-8,10-13,15,17,21H,3,5-6,9,14,16H2,1-2,4H3,(H,25,27)/t21-/m1/s1. The Hall–Kier alpha value is -2.66. The maximum absolute atomic E-state index is 4.61. The van der Waals surface area contributed by atoms with E-state index >= 15 is 0 Å². The first kappa shape index (κ1) is 19.6. The molecule has 1 saturated heterocycles. The van der Waals surface area contributed by atoms with Gasteiger partial charge in [0, 0.05) is 55.1 Å². The van der Waals surface area contributed by atoms with Gasteiger partial charge in [0.05, 0.1) is 6.20 Å². The Labute approximate surface area is 173 Å². The van der Waals surface area contributed by atoms with Crippen molar-refractivity contribution in [3.63, 3.8) is 0 Å². The molecule has 0 bridgehead atoms. The molecule has 3 aromatic rings. The molecule has 0 saturated carbocycles. The number of likely N-dealkylation sites (tertiary alicyclic amines) is 1. The highest BCUT2D eigenvalue weighted by molar-refractivity contribution is 5.88. The van der Waals surface area contributed by atoms with Gasteiger partial charge >= 0.3 is 0 Å². The van der Waals surface area contributed by atoms with Crippen LogP contribution in [0.4, 0.5) is 5.82 Å². The second kappa shape index (κ2) is 8.37. The van der Waals surface area contributed by atoms with Crippen molar-refractivity contribution in [2.45, 2.75) is 26.7 Å². The highest BCUT2D eigenvalue weighted by Crippen LogP contribution is 2.27. The van der Waals surface area contributed by atoms with Crippen molar-refractivity contribution in [1.29, 1.82) is 0 Å². The SMILES string of the molecule is C=C(Nc1cc2cc(-c3cnn(C)c3)ccc2cn1)[C@@H]1CCCN(CC(C)C)C1. The van der Waals surface area contributed by atoms with Crippen LogP contribution in [-0.2, 0) is 7.05 Å². The number of aromatic nitrogens is 3. The lowest BCUT2D eigenvalue weighted by molar-refractivity contribution is 0.174. The van der Waals surface area contributed by atoms with Crippen LogP contribution in [-0.4, -0.2) is 39.3 Å². The van der Waals surface area contributed by atoms with Gasteiger partial charge in [-0.05, 0) is 48.4 Å². The smallest absolute Gasteiger partial charge is 0.130 e. The van der Waals surface area contributed by atoms with E-state index < -0.39 is 0 Å². The largest absolute Gasteiger partial charge is 0.344 e. The zero-order chi connectivity index (χ0) is 20.4. The molecule has 0 radical (unpaired) electrons. The van der Waals surface area contributed by atoms with Crippen molar-refractivity contribution < 1.29 is 0 Å². The maximum atomic E-state index is 4.61. The molecule has 29 heavy (non-hydrogen) atoms. The summed E-state index contributed by atoms with van der Waals surface area (Å²) in [5.74, 6) is 2.04. The van der Waals surface area contributed by atoms with Gasteiger partial charge in [-0.3, -0.25) is 4.68 Å². The number of nitrogens with zero attached hydrogens (tertiary/aromatic N) is 4. The summed E-state index contributed by atoms with van der Waals surface area (Å²) in [4.78, 5) is 7.18. The molecule has 5 nitrogen and oxygen atoms in total. The van der Waals surface area contributed by atoms with Crippen LogP contribution in [0.2, 0.25) is 0 Å². The van der Waals surface area contributed by atoms with Crippen molar-refractivity contribution in [3.8, 4) is 11.1 Å². The third kappa shape index (κ3) is 4.67. The summed E-state index contributed by atoms with van der Waals surface area (Å²) in [7, 11) is 1.94. The molecular formula is C24H31N5. The van der Waals surface area contributed by atoms with Crippen molar-refractivity contribution in [3.05, 3.63) is 55.1 Å². The van der Waals surface area contributed by atoms with Crippen LogP contribution < -0.4 is 5.32 Å². The predicted molar refractivity (Wildman–Crippen MR) is 121 cm³/mol. The normalized spacial score (nSPS) is 17.7. The second-order valence-electron chi connectivity index (χ2n) is 8.68. The Morgan fingerprint density at radius 3 is 2.83 bits per heavy atom. The topological polar surface area (TPSA) is 46.0 Å². The first-order chi connectivity index (χ1) is 14.0. The molecule has 1 aliphatic heterocycles. The Morgan fingerprint density at radius 1 is 1.21 bits per heavy atom. The van der Waals surface area contributed by atoms with Gasteiger partial charge < -0.3 is 10.2 Å². The third-order valence-corrected chi connectivity index (χ3v) is 5.67. The molecule has 1 N–H and O–H groups in total. The fourth-order valence-corrected chi connectivity index (χ4v) is 4.25. The Morgan fingerprint density at radius 2 is 2.07 bits per heavy atom. The quantitative estimate of drug-likeness (QED) is 0.649. The number of hydrogen-bond acceptors (Lipinski definition) is 4. The molecule has 2 aromatic heterocycles. The number of nitrogens with one attached hydrogen (secondary N) is 1. The molecule has 0 aliphatic carbocycles. The Bertz CT molecular complexity index is 1000. The lowest BCUT2D eigenvalue weighted by Gasteiger charge is -2.34. The van der Waals surface area contributed by atoms with E-state index in [-0.39, 0.29) is 0 Å². The van der Waals surface area contributed by atoms with Gasteiger partial charge in [0.25, 0.3) is 0 Å². The molecule has 0 amide bonds. The van der Waals surface area contributed by atoms with Gasteiger partial charge in [-0.2, -0.15) is 5.10 Å². The average molecular weight is 390 g/mol. The van der Waals surface area contributed by atoms with Gasteiger partial charge in [-0.1, -0.05) is 32.6 Å². The number of rotatable bonds is 6. The average Bonchev–Trinajstić information content (AvgIpc) is 3.13. The molecule has 152 valence electrons. The maximum Gasteiger partial charge on any atom is 0.130 e. The van der Waals surface area contributed by atoms with Crippen LogP contribution in [0.25, 0.3) is 21.9 Å². The number of fused-ring (bicyclic) bond motifs is 1. The van der Waals surface area contributed by atoms with Crippen LogP contribution >= 0.6 is 0 Å². The minimum absolute atomic E-state index is 0.474. The number of hydrogen-bond donors (Lipinski definition) is 1. The van der Waals surface area contributed by atoms with Crippen molar-refractivity contribution in [1.82, 2.24) is 19.7 Å². The monoisotopic (exact) mass is 389 g/mol. The van der Waals surface area contributed by atoms with E-state index in [0.29, 0.717) is 11.8 Å². The zero-order valence-corrected chi connectivity index (χ0v) is 17.7. The first-order valence-corrected chi connectivity index (χ1v) is 10.5. The fourth-order valence-electron chi connectivity index (χ4n) is 4.25. The van der Waals surface area contributed by atoms with E-state index in [1.807, 2.05) is 30.3 Å². The van der Waals surface area contributed by atoms with Crippen molar-refractivity contribution in [2.75, 3.05) is 25.0 Å². The van der Waals surface area contributed by atoms with Gasteiger partial charge in [-0.15, -0.1) is 0 Å². The fraction of sp³-hybridized carbons (Fsp3) is 0.417. The highest BCUT2D eigenvalue weighted by atomic mass is 15.2. The van der Waals surface area contributed by atoms with Crippen LogP contribution in [0.1, 0.15) is 26.7 Å². The van der Waals surface area contributed by atoms with E-state index in [1.54, 1.807) is 0 Å². The van der Waals surface area contributed by atoms with E-state index in [9.17, 15) is 0 Å². The summed E-state index contributed by atoms with van der Waals surface area (Å²) < 4.78 is 1.83. The molecule has 3 heterocycles. The molecule has 1 fully saturated rings. The van der Waals surface area contributed by atoms with Crippen molar-refractivity contribution >= 4 is 16.6 Å². The zero-order valence-electron chi connectivity index (χ0n) is 17.7.